The van der Waals surface area contributed by atoms with E-state index < -0.39 is 11.9 Å². The highest BCUT2D eigenvalue weighted by atomic mass is 35.5. The van der Waals surface area contributed by atoms with Crippen LogP contribution < -0.4 is 19.5 Å². The van der Waals surface area contributed by atoms with Gasteiger partial charge in [0, 0.05) is 17.2 Å². The molecular weight excluding hydrogens is 426 g/mol. The molecule has 9 heteroatoms. The largest absolute Gasteiger partial charge is 0.493 e. The van der Waals surface area contributed by atoms with E-state index in [-0.39, 0.29) is 30.2 Å². The third-order valence-electron chi connectivity index (χ3n) is 4.12. The Morgan fingerprint density at radius 1 is 1.00 bits per heavy atom. The van der Waals surface area contributed by atoms with Gasteiger partial charge in [-0.15, -0.1) is 0 Å². The van der Waals surface area contributed by atoms with E-state index in [1.807, 2.05) is 0 Å². The lowest BCUT2D eigenvalue weighted by Crippen LogP contribution is -2.17. The van der Waals surface area contributed by atoms with Crippen molar-refractivity contribution in [3.8, 4) is 17.2 Å². The van der Waals surface area contributed by atoms with Gasteiger partial charge in [0.05, 0.1) is 31.7 Å². The van der Waals surface area contributed by atoms with Crippen molar-refractivity contribution < 1.29 is 33.0 Å². The summed E-state index contributed by atoms with van der Waals surface area (Å²) < 4.78 is 26.4. The van der Waals surface area contributed by atoms with Crippen LogP contribution in [0.2, 0.25) is 5.02 Å². The van der Waals surface area contributed by atoms with Crippen LogP contribution in [-0.4, -0.2) is 39.3 Å². The summed E-state index contributed by atoms with van der Waals surface area (Å²) >= 11 is 5.91. The molecule has 162 valence electrons. The Labute approximate surface area is 183 Å². The standard InChI is InChI=1S/C22H20ClNO7/c1-27-19-12-16(22(26)31-10-9-29-15-6-3-5-14(23)11-15)17(13-20(19)28-2)24-21(25)18-7-4-8-30-18/h3-8,11-13H,9-10H2,1-2H3,(H,24,25). The zero-order chi connectivity index (χ0) is 22.2. The predicted molar refractivity (Wildman–Crippen MR) is 113 cm³/mol. The molecule has 0 atom stereocenters. The van der Waals surface area contributed by atoms with Gasteiger partial charge in [0.2, 0.25) is 0 Å². The van der Waals surface area contributed by atoms with Gasteiger partial charge in [-0.05, 0) is 30.3 Å². The van der Waals surface area contributed by atoms with E-state index in [1.165, 1.54) is 38.7 Å². The smallest absolute Gasteiger partial charge is 0.340 e. The number of rotatable bonds is 9. The normalized spacial score (nSPS) is 10.3. The lowest BCUT2D eigenvalue weighted by atomic mass is 10.1. The van der Waals surface area contributed by atoms with Crippen molar-refractivity contribution in [2.45, 2.75) is 0 Å². The fraction of sp³-hybridized carbons (Fsp3) is 0.182. The van der Waals surface area contributed by atoms with E-state index in [0.29, 0.717) is 22.3 Å². The molecule has 0 saturated heterocycles. The number of methoxy groups -OCH3 is 2. The van der Waals surface area contributed by atoms with Gasteiger partial charge < -0.3 is 28.7 Å². The molecule has 0 saturated carbocycles. The first-order chi connectivity index (χ1) is 15.0. The summed E-state index contributed by atoms with van der Waals surface area (Å²) in [5, 5.41) is 3.17. The van der Waals surface area contributed by atoms with Gasteiger partial charge in [-0.25, -0.2) is 4.79 Å². The van der Waals surface area contributed by atoms with E-state index in [4.69, 9.17) is 35.0 Å². The lowest BCUT2D eigenvalue weighted by molar-refractivity contribution is 0.0451. The van der Waals surface area contributed by atoms with E-state index >= 15 is 0 Å². The number of carbonyl (C=O) groups excluding carboxylic acids is 2. The van der Waals surface area contributed by atoms with Crippen LogP contribution in [0.4, 0.5) is 5.69 Å². The zero-order valence-electron chi connectivity index (χ0n) is 16.8. The van der Waals surface area contributed by atoms with E-state index in [1.54, 1.807) is 30.3 Å². The Morgan fingerprint density at radius 2 is 1.77 bits per heavy atom. The summed E-state index contributed by atoms with van der Waals surface area (Å²) in [4.78, 5) is 25.1. The quantitative estimate of drug-likeness (QED) is 0.384. The monoisotopic (exact) mass is 445 g/mol. The third kappa shape index (κ3) is 5.70. The first-order valence-corrected chi connectivity index (χ1v) is 9.56. The SMILES string of the molecule is COc1cc(NC(=O)c2ccco2)c(C(=O)OCCOc2cccc(Cl)c2)cc1OC. The van der Waals surface area contributed by atoms with Crippen molar-refractivity contribution in [3.63, 3.8) is 0 Å². The van der Waals surface area contributed by atoms with E-state index in [0.717, 1.165) is 0 Å². The Kier molecular flexibility index (Phi) is 7.40. The van der Waals surface area contributed by atoms with Gasteiger partial charge in [-0.2, -0.15) is 0 Å². The topological polar surface area (TPSA) is 96.2 Å². The van der Waals surface area contributed by atoms with Gasteiger partial charge >= 0.3 is 5.97 Å². The highest BCUT2D eigenvalue weighted by molar-refractivity contribution is 6.30. The molecule has 8 nitrogen and oxygen atoms in total. The summed E-state index contributed by atoms with van der Waals surface area (Å²) in [5.41, 5.74) is 0.264. The summed E-state index contributed by atoms with van der Waals surface area (Å²) in [5.74, 6) is 0.0738. The number of furan rings is 1. The first kappa shape index (κ1) is 22.0. The molecular formula is C22H20ClNO7. The maximum atomic E-state index is 12.7. The minimum atomic E-state index is -0.676. The second kappa shape index (κ2) is 10.4. The third-order valence-corrected chi connectivity index (χ3v) is 4.35. The summed E-state index contributed by atoms with van der Waals surface area (Å²) in [6.07, 6.45) is 1.37. The molecule has 2 aromatic carbocycles. The van der Waals surface area contributed by atoms with Gasteiger partial charge in [0.1, 0.15) is 19.0 Å². The molecule has 3 rings (SSSR count). The Hall–Kier alpha value is -3.65. The summed E-state index contributed by atoms with van der Waals surface area (Å²) in [7, 11) is 2.88. The summed E-state index contributed by atoms with van der Waals surface area (Å²) in [6, 6.07) is 12.9. The van der Waals surface area contributed by atoms with Crippen molar-refractivity contribution in [2.75, 3.05) is 32.8 Å². The van der Waals surface area contributed by atoms with Crippen molar-refractivity contribution in [3.05, 3.63) is 71.1 Å². The van der Waals surface area contributed by atoms with Gasteiger partial charge in [-0.1, -0.05) is 17.7 Å². The molecule has 0 aliphatic heterocycles. The number of benzene rings is 2. The molecule has 0 bridgehead atoms. The highest BCUT2D eigenvalue weighted by Gasteiger charge is 2.21. The molecule has 0 spiro atoms. The van der Waals surface area contributed by atoms with Crippen molar-refractivity contribution in [2.24, 2.45) is 0 Å². The molecule has 0 fully saturated rings. The number of nitrogens with one attached hydrogen (secondary N) is 1. The van der Waals surface area contributed by atoms with Gasteiger partial charge in [-0.3, -0.25) is 4.79 Å². The zero-order valence-corrected chi connectivity index (χ0v) is 17.6. The molecule has 0 aliphatic rings. The average molecular weight is 446 g/mol. The Morgan fingerprint density at radius 3 is 2.45 bits per heavy atom. The highest BCUT2D eigenvalue weighted by Crippen LogP contribution is 2.34. The molecule has 0 aliphatic carbocycles. The van der Waals surface area contributed by atoms with E-state index in [9.17, 15) is 9.59 Å². The number of halogens is 1. The molecule has 1 heterocycles. The number of anilines is 1. The van der Waals surface area contributed by atoms with Crippen LogP contribution >= 0.6 is 11.6 Å². The van der Waals surface area contributed by atoms with Gasteiger partial charge in [0.25, 0.3) is 5.91 Å². The molecule has 3 aromatic rings. The fourth-order valence-corrected chi connectivity index (χ4v) is 2.85. The van der Waals surface area contributed by atoms with Crippen molar-refractivity contribution in [1.29, 1.82) is 0 Å². The minimum Gasteiger partial charge on any atom is -0.493 e. The molecule has 0 unspecified atom stereocenters. The molecule has 1 aromatic heterocycles. The van der Waals surface area contributed by atoms with Crippen LogP contribution in [0, 0.1) is 0 Å². The fourth-order valence-electron chi connectivity index (χ4n) is 2.67. The number of amides is 1. The van der Waals surface area contributed by atoms with Gasteiger partial charge in [0.15, 0.2) is 17.3 Å². The molecule has 0 radical (unpaired) electrons. The number of esters is 1. The molecule has 1 N–H and O–H groups in total. The lowest BCUT2D eigenvalue weighted by Gasteiger charge is -2.15. The Balaban J connectivity index is 1.72. The molecule has 1 amide bonds. The average Bonchev–Trinajstić information content (AvgIpc) is 3.31. The number of carbonyl (C=O) groups is 2. The van der Waals surface area contributed by atoms with Crippen LogP contribution in [0.5, 0.6) is 17.2 Å². The number of hydrogen-bond donors (Lipinski definition) is 1. The Bertz CT molecular complexity index is 1050. The minimum absolute atomic E-state index is 0.0226. The van der Waals surface area contributed by atoms with Crippen LogP contribution in [-0.2, 0) is 4.74 Å². The van der Waals surface area contributed by atoms with Crippen LogP contribution in [0.25, 0.3) is 0 Å². The number of ether oxygens (including phenoxy) is 4. The van der Waals surface area contributed by atoms with Crippen molar-refractivity contribution in [1.82, 2.24) is 0 Å². The first-order valence-electron chi connectivity index (χ1n) is 9.18. The second-order valence-electron chi connectivity index (χ2n) is 6.13. The van der Waals surface area contributed by atoms with Crippen LogP contribution in [0.1, 0.15) is 20.9 Å². The van der Waals surface area contributed by atoms with Crippen LogP contribution in [0.15, 0.2) is 59.2 Å². The predicted octanol–water partition coefficient (Wildman–Crippen LogP) is 4.44. The molecule has 31 heavy (non-hydrogen) atoms. The second-order valence-corrected chi connectivity index (χ2v) is 6.56. The van der Waals surface area contributed by atoms with Crippen molar-refractivity contribution >= 4 is 29.2 Å². The van der Waals surface area contributed by atoms with Crippen LogP contribution in [0.3, 0.4) is 0 Å². The van der Waals surface area contributed by atoms with E-state index in [2.05, 4.69) is 5.32 Å². The maximum Gasteiger partial charge on any atom is 0.340 e. The number of hydrogen-bond acceptors (Lipinski definition) is 7. The maximum absolute atomic E-state index is 12.7. The summed E-state index contributed by atoms with van der Waals surface area (Å²) in [6.45, 7) is 0.0960.